The molecule has 0 radical (unpaired) electrons. The van der Waals surface area contributed by atoms with Crippen molar-refractivity contribution in [2.45, 2.75) is 90.4 Å². The summed E-state index contributed by atoms with van der Waals surface area (Å²) in [5, 5.41) is 6.27. The molecular formula is C32H45ClN2O2S. The van der Waals surface area contributed by atoms with Gasteiger partial charge in [-0.25, -0.2) is 0 Å². The molecule has 0 aliphatic carbocycles. The Morgan fingerprint density at radius 3 is 2.18 bits per heavy atom. The molecule has 0 aliphatic heterocycles. The Morgan fingerprint density at radius 1 is 0.868 bits per heavy atom. The predicted molar refractivity (Wildman–Crippen MR) is 156 cm³/mol. The lowest BCUT2D eigenvalue weighted by Gasteiger charge is -2.10. The smallest absolute Gasteiger partial charge is 0.270 e. The van der Waals surface area contributed by atoms with Gasteiger partial charge in [0.05, 0.1) is 29.7 Å². The summed E-state index contributed by atoms with van der Waals surface area (Å²) in [6.45, 7) is 3.01. The van der Waals surface area contributed by atoms with Crippen molar-refractivity contribution in [2.24, 2.45) is 7.05 Å². The van der Waals surface area contributed by atoms with E-state index in [4.69, 9.17) is 4.74 Å². The number of carbonyl (C=O) groups excluding carboxylic acids is 1. The van der Waals surface area contributed by atoms with Crippen molar-refractivity contribution in [3.63, 3.8) is 0 Å². The van der Waals surface area contributed by atoms with Crippen LogP contribution in [0.4, 0.5) is 5.69 Å². The minimum absolute atomic E-state index is 0. The standard InChI is InChI=1S/C32H44N2O2S.ClH/c1-3-4-5-6-7-8-9-10-11-12-13-16-23-36-28-19-17-18-27(25-28)26-31(35)33-30-21-15-14-20-29(30)32-34(2)22-24-37-32;/h14-15,17-22,24-25H,3-13,16,23,26H2,1-2H3;1H. The van der Waals surface area contributed by atoms with Gasteiger partial charge in [0.25, 0.3) is 5.01 Å². The van der Waals surface area contributed by atoms with Crippen molar-refractivity contribution < 1.29 is 26.5 Å². The van der Waals surface area contributed by atoms with Gasteiger partial charge in [0.2, 0.25) is 5.91 Å². The highest BCUT2D eigenvalue weighted by Crippen LogP contribution is 2.28. The van der Waals surface area contributed by atoms with E-state index in [1.807, 2.05) is 61.8 Å². The molecule has 0 unspecified atom stereocenters. The van der Waals surface area contributed by atoms with Crippen LogP contribution in [0.15, 0.2) is 60.1 Å². The summed E-state index contributed by atoms with van der Waals surface area (Å²) in [4.78, 5) is 12.8. The Kier molecular flexibility index (Phi) is 15.8. The van der Waals surface area contributed by atoms with Crippen LogP contribution in [0.1, 0.15) is 89.5 Å². The molecule has 0 saturated heterocycles. The SMILES string of the molecule is CCCCCCCCCCCCCCOc1cccc(CC(=O)Nc2ccccc2-c2scc[n+]2C)c1.[Cl-]. The van der Waals surface area contributed by atoms with Crippen molar-refractivity contribution in [3.8, 4) is 16.3 Å². The Labute approximate surface area is 240 Å². The van der Waals surface area contributed by atoms with E-state index in [2.05, 4.69) is 22.2 Å². The van der Waals surface area contributed by atoms with Gasteiger partial charge in [0.1, 0.15) is 12.8 Å². The number of amides is 1. The number of anilines is 1. The fourth-order valence-corrected chi connectivity index (χ4v) is 5.53. The first-order chi connectivity index (χ1) is 18.2. The van der Waals surface area contributed by atoms with E-state index in [-0.39, 0.29) is 18.3 Å². The number of unbranched alkanes of at least 4 members (excludes halogenated alkanes) is 11. The van der Waals surface area contributed by atoms with Crippen molar-refractivity contribution >= 4 is 22.9 Å². The van der Waals surface area contributed by atoms with Crippen LogP contribution in [0.3, 0.4) is 0 Å². The van der Waals surface area contributed by atoms with E-state index in [1.165, 1.54) is 70.6 Å². The van der Waals surface area contributed by atoms with Crippen molar-refractivity contribution in [1.29, 1.82) is 0 Å². The van der Waals surface area contributed by atoms with Crippen LogP contribution >= 0.6 is 11.3 Å². The molecule has 3 aromatic rings. The molecule has 1 heterocycles. The molecule has 208 valence electrons. The van der Waals surface area contributed by atoms with Gasteiger partial charge >= 0.3 is 0 Å². The monoisotopic (exact) mass is 556 g/mol. The summed E-state index contributed by atoms with van der Waals surface area (Å²) in [5.74, 6) is 0.823. The second-order valence-electron chi connectivity index (χ2n) is 9.97. The average Bonchev–Trinajstić information content (AvgIpc) is 3.33. The minimum atomic E-state index is -0.0234. The van der Waals surface area contributed by atoms with Gasteiger partial charge < -0.3 is 22.5 Å². The number of hydrogen-bond donors (Lipinski definition) is 1. The van der Waals surface area contributed by atoms with Gasteiger partial charge in [-0.3, -0.25) is 4.79 Å². The zero-order valence-electron chi connectivity index (χ0n) is 23.2. The van der Waals surface area contributed by atoms with Crippen LogP contribution in [0.2, 0.25) is 0 Å². The second-order valence-corrected chi connectivity index (χ2v) is 10.9. The molecule has 1 amide bonds. The summed E-state index contributed by atoms with van der Waals surface area (Å²) in [7, 11) is 2.02. The number of benzene rings is 2. The van der Waals surface area contributed by atoms with E-state index < -0.39 is 0 Å². The summed E-state index contributed by atoms with van der Waals surface area (Å²) >= 11 is 1.66. The van der Waals surface area contributed by atoms with Gasteiger partial charge in [-0.05, 0) is 36.2 Å². The maximum absolute atomic E-state index is 12.8. The van der Waals surface area contributed by atoms with Crippen LogP contribution < -0.4 is 27.0 Å². The molecule has 0 bridgehead atoms. The summed E-state index contributed by atoms with van der Waals surface area (Å²) in [6.07, 6.45) is 18.4. The van der Waals surface area contributed by atoms with Crippen LogP contribution in [0, 0.1) is 0 Å². The van der Waals surface area contributed by atoms with Crippen LogP contribution in [-0.2, 0) is 18.3 Å². The molecule has 38 heavy (non-hydrogen) atoms. The third kappa shape index (κ3) is 11.6. The number of hydrogen-bond acceptors (Lipinski definition) is 3. The van der Waals surface area contributed by atoms with Crippen LogP contribution in [-0.4, -0.2) is 12.5 Å². The number of ether oxygens (including phenoxy) is 1. The molecule has 1 N–H and O–H groups in total. The molecule has 1 aromatic heterocycles. The maximum atomic E-state index is 12.8. The van der Waals surface area contributed by atoms with Crippen LogP contribution in [0.25, 0.3) is 10.6 Å². The van der Waals surface area contributed by atoms with Crippen molar-refractivity contribution in [2.75, 3.05) is 11.9 Å². The van der Waals surface area contributed by atoms with Gasteiger partial charge in [-0.1, -0.05) is 113 Å². The molecule has 2 aromatic carbocycles. The van der Waals surface area contributed by atoms with E-state index in [1.54, 1.807) is 11.3 Å². The maximum Gasteiger partial charge on any atom is 0.270 e. The Morgan fingerprint density at radius 2 is 1.53 bits per heavy atom. The summed E-state index contributed by atoms with van der Waals surface area (Å²) in [5.41, 5.74) is 2.83. The zero-order chi connectivity index (χ0) is 26.1. The Balaban J connectivity index is 0.00000507. The number of halogens is 1. The second kappa shape index (κ2) is 18.8. The molecule has 4 nitrogen and oxygen atoms in total. The van der Waals surface area contributed by atoms with E-state index in [0.29, 0.717) is 6.42 Å². The first-order valence-electron chi connectivity index (χ1n) is 14.2. The lowest BCUT2D eigenvalue weighted by Crippen LogP contribution is -3.00. The minimum Gasteiger partial charge on any atom is -1.00 e. The first-order valence-corrected chi connectivity index (χ1v) is 15.1. The topological polar surface area (TPSA) is 42.2 Å². The Bertz CT molecular complexity index is 1070. The molecule has 6 heteroatoms. The van der Waals surface area contributed by atoms with Crippen molar-refractivity contribution in [3.05, 3.63) is 65.7 Å². The predicted octanol–water partition coefficient (Wildman–Crippen LogP) is 5.50. The number of rotatable bonds is 18. The largest absolute Gasteiger partial charge is 1.00 e. The fourth-order valence-electron chi connectivity index (χ4n) is 4.63. The number of para-hydroxylation sites is 1. The molecule has 0 spiro atoms. The molecule has 3 rings (SSSR count). The lowest BCUT2D eigenvalue weighted by atomic mass is 10.1. The van der Waals surface area contributed by atoms with Crippen molar-refractivity contribution in [1.82, 2.24) is 0 Å². The normalized spacial score (nSPS) is 10.7. The highest BCUT2D eigenvalue weighted by Gasteiger charge is 2.17. The van der Waals surface area contributed by atoms with E-state index in [9.17, 15) is 4.79 Å². The van der Waals surface area contributed by atoms with Crippen LogP contribution in [0.5, 0.6) is 5.75 Å². The van der Waals surface area contributed by atoms with Gasteiger partial charge in [-0.2, -0.15) is 4.57 Å². The average molecular weight is 557 g/mol. The van der Waals surface area contributed by atoms with Gasteiger partial charge in [-0.15, -0.1) is 0 Å². The fraction of sp³-hybridized carbons (Fsp3) is 0.500. The quantitative estimate of drug-likeness (QED) is 0.166. The molecule has 0 atom stereocenters. The molecule has 0 fully saturated rings. The van der Waals surface area contributed by atoms with E-state index >= 15 is 0 Å². The highest BCUT2D eigenvalue weighted by molar-refractivity contribution is 7.12. The number of nitrogens with one attached hydrogen (secondary N) is 1. The highest BCUT2D eigenvalue weighted by atomic mass is 35.5. The molecule has 0 aliphatic rings. The first kappa shape index (κ1) is 31.8. The number of aryl methyl sites for hydroxylation is 1. The summed E-state index contributed by atoms with van der Waals surface area (Å²) < 4.78 is 8.06. The third-order valence-electron chi connectivity index (χ3n) is 6.75. The number of thiazole rings is 1. The number of carbonyl (C=O) groups is 1. The zero-order valence-corrected chi connectivity index (χ0v) is 24.8. The lowest BCUT2D eigenvalue weighted by molar-refractivity contribution is -0.655. The van der Waals surface area contributed by atoms with Gasteiger partial charge in [0, 0.05) is 0 Å². The summed E-state index contributed by atoms with van der Waals surface area (Å²) in [6, 6.07) is 15.9. The number of aromatic nitrogens is 1. The Hall–Kier alpha value is -2.37. The molecular weight excluding hydrogens is 512 g/mol. The number of nitrogens with zero attached hydrogens (tertiary/aromatic N) is 1. The van der Waals surface area contributed by atoms with Gasteiger partial charge in [0.15, 0.2) is 6.20 Å². The third-order valence-corrected chi connectivity index (χ3v) is 7.73. The molecule has 0 saturated carbocycles. The van der Waals surface area contributed by atoms with E-state index in [0.717, 1.165) is 40.6 Å².